The number of hydrogen-bond acceptors (Lipinski definition) is 2. The zero-order chi connectivity index (χ0) is 13.0. The first-order chi connectivity index (χ1) is 8.66. The fraction of sp³-hybridized carbons (Fsp3) is 0.143. The Morgan fingerprint density at radius 2 is 1.61 bits per heavy atom. The average molecular weight is 371 g/mol. The monoisotopic (exact) mass is 369 g/mol. The Kier molecular flexibility index (Phi) is 4.66. The van der Waals surface area contributed by atoms with E-state index in [1.54, 1.807) is 0 Å². The Morgan fingerprint density at radius 3 is 2.22 bits per heavy atom. The van der Waals surface area contributed by atoms with Crippen molar-refractivity contribution in [3.05, 3.63) is 57.0 Å². The number of rotatable bonds is 4. The molecule has 0 aromatic heterocycles. The summed E-state index contributed by atoms with van der Waals surface area (Å²) in [5.74, 6) is 0.792. The molecule has 2 N–H and O–H groups in total. The van der Waals surface area contributed by atoms with Gasteiger partial charge in [0.1, 0.15) is 5.75 Å². The molecule has 0 bridgehead atoms. The molecule has 0 spiro atoms. The maximum atomic E-state index is 5.78. The third kappa shape index (κ3) is 3.50. The summed E-state index contributed by atoms with van der Waals surface area (Å²) in [6, 6.07) is 13.9. The molecule has 0 unspecified atom stereocenters. The molecule has 0 amide bonds. The lowest BCUT2D eigenvalue weighted by Crippen LogP contribution is -2.02. The Labute approximate surface area is 123 Å². The van der Waals surface area contributed by atoms with E-state index in [0.717, 1.165) is 21.1 Å². The van der Waals surface area contributed by atoms with E-state index in [-0.39, 0.29) is 0 Å². The quantitative estimate of drug-likeness (QED) is 0.808. The van der Waals surface area contributed by atoms with Crippen molar-refractivity contribution in [1.29, 1.82) is 0 Å². The van der Waals surface area contributed by atoms with Crippen LogP contribution in [0.2, 0.25) is 0 Å². The molecule has 4 heteroatoms. The summed E-state index contributed by atoms with van der Waals surface area (Å²) >= 11 is 6.90. The minimum atomic E-state index is 0.630. The second-order valence-corrected chi connectivity index (χ2v) is 5.61. The Hall–Kier alpha value is -1.00. The molecule has 2 aromatic rings. The highest BCUT2D eigenvalue weighted by atomic mass is 79.9. The van der Waals surface area contributed by atoms with Crippen molar-refractivity contribution in [2.24, 2.45) is 0 Å². The largest absolute Gasteiger partial charge is 0.491 e. The zero-order valence-corrected chi connectivity index (χ0v) is 12.9. The van der Waals surface area contributed by atoms with Gasteiger partial charge in [-0.15, -0.1) is 0 Å². The SMILES string of the molecule is Nc1cc(Br)c(OCCc2ccccc2)c(Br)c1. The van der Waals surface area contributed by atoms with Crippen molar-refractivity contribution in [2.75, 3.05) is 12.3 Å². The van der Waals surface area contributed by atoms with Gasteiger partial charge in [-0.2, -0.15) is 0 Å². The van der Waals surface area contributed by atoms with E-state index in [0.29, 0.717) is 12.3 Å². The minimum absolute atomic E-state index is 0.630. The van der Waals surface area contributed by atoms with E-state index in [1.807, 2.05) is 30.3 Å². The van der Waals surface area contributed by atoms with Crippen molar-refractivity contribution in [3.8, 4) is 5.75 Å². The minimum Gasteiger partial charge on any atom is -0.491 e. The number of anilines is 1. The van der Waals surface area contributed by atoms with Crippen LogP contribution in [-0.2, 0) is 6.42 Å². The summed E-state index contributed by atoms with van der Waals surface area (Å²) in [5.41, 5.74) is 7.69. The lowest BCUT2D eigenvalue weighted by atomic mass is 10.2. The fourth-order valence-corrected chi connectivity index (χ4v) is 3.08. The maximum absolute atomic E-state index is 5.78. The van der Waals surface area contributed by atoms with E-state index in [2.05, 4.69) is 44.0 Å². The molecule has 94 valence electrons. The molecule has 0 fully saturated rings. The van der Waals surface area contributed by atoms with E-state index >= 15 is 0 Å². The molecule has 0 atom stereocenters. The van der Waals surface area contributed by atoms with Gasteiger partial charge >= 0.3 is 0 Å². The van der Waals surface area contributed by atoms with Gasteiger partial charge in [-0.25, -0.2) is 0 Å². The predicted octanol–water partition coefficient (Wildman–Crippen LogP) is 4.42. The summed E-state index contributed by atoms with van der Waals surface area (Å²) in [6.07, 6.45) is 0.879. The van der Waals surface area contributed by atoms with Crippen LogP contribution in [0.25, 0.3) is 0 Å². The Bertz CT molecular complexity index is 506. The fourth-order valence-electron chi connectivity index (χ4n) is 1.63. The molecular weight excluding hydrogens is 358 g/mol. The smallest absolute Gasteiger partial charge is 0.147 e. The highest BCUT2D eigenvalue weighted by Crippen LogP contribution is 2.35. The molecule has 0 saturated heterocycles. The van der Waals surface area contributed by atoms with Crippen LogP contribution in [0, 0.1) is 0 Å². The molecular formula is C14H13Br2NO. The number of halogens is 2. The summed E-state index contributed by atoms with van der Waals surface area (Å²) in [5, 5.41) is 0. The van der Waals surface area contributed by atoms with Gasteiger partial charge in [-0.1, -0.05) is 30.3 Å². The molecule has 0 saturated carbocycles. The van der Waals surface area contributed by atoms with Crippen LogP contribution in [0.15, 0.2) is 51.4 Å². The van der Waals surface area contributed by atoms with Gasteiger partial charge in [0.05, 0.1) is 15.6 Å². The van der Waals surface area contributed by atoms with Gasteiger partial charge in [0.25, 0.3) is 0 Å². The van der Waals surface area contributed by atoms with E-state index in [1.165, 1.54) is 5.56 Å². The van der Waals surface area contributed by atoms with Crippen LogP contribution >= 0.6 is 31.9 Å². The van der Waals surface area contributed by atoms with Crippen molar-refractivity contribution in [1.82, 2.24) is 0 Å². The van der Waals surface area contributed by atoms with Gasteiger partial charge in [0, 0.05) is 12.1 Å². The summed E-state index contributed by atoms with van der Waals surface area (Å²) in [6.45, 7) is 0.630. The first kappa shape index (κ1) is 13.4. The van der Waals surface area contributed by atoms with E-state index in [9.17, 15) is 0 Å². The van der Waals surface area contributed by atoms with Gasteiger partial charge < -0.3 is 10.5 Å². The normalized spacial score (nSPS) is 10.3. The third-order valence-corrected chi connectivity index (χ3v) is 3.68. The molecule has 0 aliphatic heterocycles. The Balaban J connectivity index is 1.99. The van der Waals surface area contributed by atoms with Crippen molar-refractivity contribution in [2.45, 2.75) is 6.42 Å². The van der Waals surface area contributed by atoms with Crippen molar-refractivity contribution >= 4 is 37.5 Å². The topological polar surface area (TPSA) is 35.2 Å². The van der Waals surface area contributed by atoms with E-state index < -0.39 is 0 Å². The number of ether oxygens (including phenoxy) is 1. The zero-order valence-electron chi connectivity index (χ0n) is 9.70. The predicted molar refractivity (Wildman–Crippen MR) is 81.9 cm³/mol. The van der Waals surface area contributed by atoms with Crippen LogP contribution in [-0.4, -0.2) is 6.61 Å². The second-order valence-electron chi connectivity index (χ2n) is 3.90. The van der Waals surface area contributed by atoms with Gasteiger partial charge in [0.15, 0.2) is 0 Å². The number of hydrogen-bond donors (Lipinski definition) is 1. The lowest BCUT2D eigenvalue weighted by molar-refractivity contribution is 0.318. The van der Waals surface area contributed by atoms with E-state index in [4.69, 9.17) is 10.5 Å². The highest BCUT2D eigenvalue weighted by Gasteiger charge is 2.07. The number of benzene rings is 2. The molecule has 0 heterocycles. The highest BCUT2D eigenvalue weighted by molar-refractivity contribution is 9.11. The van der Waals surface area contributed by atoms with Crippen LogP contribution in [0.5, 0.6) is 5.75 Å². The van der Waals surface area contributed by atoms with Crippen molar-refractivity contribution in [3.63, 3.8) is 0 Å². The summed E-state index contributed by atoms with van der Waals surface area (Å²) in [7, 11) is 0. The number of nitrogens with two attached hydrogens (primary N) is 1. The molecule has 2 rings (SSSR count). The molecule has 0 radical (unpaired) electrons. The second kappa shape index (κ2) is 6.25. The molecule has 18 heavy (non-hydrogen) atoms. The van der Waals surface area contributed by atoms with Crippen LogP contribution in [0.3, 0.4) is 0 Å². The summed E-state index contributed by atoms with van der Waals surface area (Å²) < 4.78 is 7.50. The molecule has 0 aliphatic rings. The maximum Gasteiger partial charge on any atom is 0.147 e. The third-order valence-electron chi connectivity index (χ3n) is 2.50. The van der Waals surface area contributed by atoms with Gasteiger partial charge in [0.2, 0.25) is 0 Å². The van der Waals surface area contributed by atoms with Crippen LogP contribution in [0.1, 0.15) is 5.56 Å². The molecule has 2 aromatic carbocycles. The lowest BCUT2D eigenvalue weighted by Gasteiger charge is -2.11. The van der Waals surface area contributed by atoms with Gasteiger partial charge in [-0.05, 0) is 49.6 Å². The van der Waals surface area contributed by atoms with Crippen LogP contribution < -0.4 is 10.5 Å². The molecule has 0 aliphatic carbocycles. The Morgan fingerprint density at radius 1 is 1.00 bits per heavy atom. The van der Waals surface area contributed by atoms with Gasteiger partial charge in [-0.3, -0.25) is 0 Å². The standard InChI is InChI=1S/C14H13Br2NO/c15-12-8-11(17)9-13(16)14(12)18-7-6-10-4-2-1-3-5-10/h1-5,8-9H,6-7,17H2. The van der Waals surface area contributed by atoms with Crippen LogP contribution in [0.4, 0.5) is 5.69 Å². The first-order valence-electron chi connectivity index (χ1n) is 5.58. The first-order valence-corrected chi connectivity index (χ1v) is 7.16. The average Bonchev–Trinajstić information content (AvgIpc) is 2.34. The number of nitrogen functional groups attached to an aromatic ring is 1. The van der Waals surface area contributed by atoms with Crippen molar-refractivity contribution < 1.29 is 4.74 Å². The molecule has 2 nitrogen and oxygen atoms in total. The summed E-state index contributed by atoms with van der Waals surface area (Å²) in [4.78, 5) is 0.